The molecular formula is C17H23N3. The first-order chi connectivity index (χ1) is 9.61. The molecular weight excluding hydrogens is 246 g/mol. The summed E-state index contributed by atoms with van der Waals surface area (Å²) in [5.41, 5.74) is 3.01. The summed E-state index contributed by atoms with van der Waals surface area (Å²) in [6.07, 6.45) is 7.67. The molecule has 1 aliphatic rings. The second-order valence-electron chi connectivity index (χ2n) is 6.65. The van der Waals surface area contributed by atoms with Crippen molar-refractivity contribution in [2.24, 2.45) is 5.41 Å². The molecule has 1 heterocycles. The van der Waals surface area contributed by atoms with Gasteiger partial charge < -0.3 is 5.32 Å². The van der Waals surface area contributed by atoms with Gasteiger partial charge in [-0.15, -0.1) is 0 Å². The van der Waals surface area contributed by atoms with Gasteiger partial charge in [-0.05, 0) is 48.4 Å². The fourth-order valence-corrected chi connectivity index (χ4v) is 3.14. The van der Waals surface area contributed by atoms with Crippen molar-refractivity contribution >= 4 is 5.69 Å². The second-order valence-corrected chi connectivity index (χ2v) is 6.65. The van der Waals surface area contributed by atoms with E-state index in [2.05, 4.69) is 48.5 Å². The molecule has 1 aromatic carbocycles. The van der Waals surface area contributed by atoms with Crippen LogP contribution in [0, 0.1) is 5.41 Å². The highest BCUT2D eigenvalue weighted by molar-refractivity contribution is 5.46. The maximum Gasteiger partial charge on any atom is 0.0660 e. The van der Waals surface area contributed by atoms with Crippen LogP contribution in [0.5, 0.6) is 0 Å². The lowest BCUT2D eigenvalue weighted by atomic mass is 9.92. The van der Waals surface area contributed by atoms with E-state index in [1.54, 1.807) is 0 Å². The van der Waals surface area contributed by atoms with Gasteiger partial charge in [-0.3, -0.25) is 4.68 Å². The maximum absolute atomic E-state index is 4.26. The van der Waals surface area contributed by atoms with E-state index in [1.165, 1.54) is 30.5 Å². The highest BCUT2D eigenvalue weighted by Crippen LogP contribution is 2.38. The van der Waals surface area contributed by atoms with Crippen molar-refractivity contribution in [1.82, 2.24) is 9.78 Å². The van der Waals surface area contributed by atoms with Gasteiger partial charge in [0.05, 0.1) is 6.54 Å². The van der Waals surface area contributed by atoms with Gasteiger partial charge in [-0.2, -0.15) is 5.10 Å². The molecule has 1 N–H and O–H groups in total. The molecule has 0 bridgehead atoms. The Morgan fingerprint density at radius 3 is 2.95 bits per heavy atom. The third kappa shape index (κ3) is 3.21. The molecule has 0 amide bonds. The number of aromatic nitrogens is 2. The zero-order chi connectivity index (χ0) is 14.0. The van der Waals surface area contributed by atoms with Crippen LogP contribution in [0.2, 0.25) is 0 Å². The van der Waals surface area contributed by atoms with Crippen LogP contribution in [0.25, 0.3) is 0 Å². The van der Waals surface area contributed by atoms with Crippen LogP contribution < -0.4 is 5.32 Å². The Morgan fingerprint density at radius 2 is 2.25 bits per heavy atom. The van der Waals surface area contributed by atoms with Crippen LogP contribution in [0.4, 0.5) is 5.69 Å². The number of anilines is 1. The van der Waals surface area contributed by atoms with E-state index in [9.17, 15) is 0 Å². The predicted molar refractivity (Wildman–Crippen MR) is 82.8 cm³/mol. The van der Waals surface area contributed by atoms with Crippen molar-refractivity contribution in [2.45, 2.75) is 45.7 Å². The number of hydrogen-bond acceptors (Lipinski definition) is 2. The summed E-state index contributed by atoms with van der Waals surface area (Å²) in [5.74, 6) is 0. The van der Waals surface area contributed by atoms with Gasteiger partial charge in [0.25, 0.3) is 0 Å². The number of nitrogens with zero attached hydrogens (tertiary/aromatic N) is 2. The predicted octanol–water partition coefficient (Wildman–Crippen LogP) is 3.92. The molecule has 3 rings (SSSR count). The van der Waals surface area contributed by atoms with Crippen LogP contribution in [0.1, 0.15) is 38.7 Å². The second kappa shape index (κ2) is 5.31. The monoisotopic (exact) mass is 269 g/mol. The molecule has 1 fully saturated rings. The molecule has 3 nitrogen and oxygen atoms in total. The molecule has 1 aromatic heterocycles. The molecule has 1 unspecified atom stereocenters. The van der Waals surface area contributed by atoms with E-state index in [1.807, 2.05) is 23.1 Å². The number of nitrogens with one attached hydrogen (secondary N) is 1. The van der Waals surface area contributed by atoms with E-state index in [4.69, 9.17) is 0 Å². The number of rotatable bonds is 4. The quantitative estimate of drug-likeness (QED) is 0.911. The van der Waals surface area contributed by atoms with E-state index in [0.29, 0.717) is 11.5 Å². The molecule has 2 aromatic rings. The summed E-state index contributed by atoms with van der Waals surface area (Å²) < 4.78 is 1.96. The van der Waals surface area contributed by atoms with Crippen LogP contribution in [0.3, 0.4) is 0 Å². The van der Waals surface area contributed by atoms with Gasteiger partial charge in [0.15, 0.2) is 0 Å². The zero-order valence-electron chi connectivity index (χ0n) is 12.3. The van der Waals surface area contributed by atoms with Gasteiger partial charge in [-0.1, -0.05) is 26.0 Å². The van der Waals surface area contributed by atoms with E-state index in [0.717, 1.165) is 6.54 Å². The van der Waals surface area contributed by atoms with Gasteiger partial charge in [0, 0.05) is 24.1 Å². The van der Waals surface area contributed by atoms with Gasteiger partial charge in [0.1, 0.15) is 0 Å². The Kier molecular flexibility index (Phi) is 3.51. The zero-order valence-corrected chi connectivity index (χ0v) is 12.3. The van der Waals surface area contributed by atoms with Crippen molar-refractivity contribution < 1.29 is 0 Å². The average molecular weight is 269 g/mol. The number of benzene rings is 1. The fourth-order valence-electron chi connectivity index (χ4n) is 3.14. The summed E-state index contributed by atoms with van der Waals surface area (Å²) in [4.78, 5) is 0. The summed E-state index contributed by atoms with van der Waals surface area (Å²) in [7, 11) is 0. The first-order valence-electron chi connectivity index (χ1n) is 7.44. The van der Waals surface area contributed by atoms with Crippen molar-refractivity contribution in [3.05, 3.63) is 48.3 Å². The molecule has 0 saturated heterocycles. The largest absolute Gasteiger partial charge is 0.382 e. The Morgan fingerprint density at radius 1 is 1.35 bits per heavy atom. The van der Waals surface area contributed by atoms with E-state index in [-0.39, 0.29) is 0 Å². The molecule has 106 valence electrons. The lowest BCUT2D eigenvalue weighted by Crippen LogP contribution is -2.17. The Bertz CT molecular complexity index is 557. The van der Waals surface area contributed by atoms with Crippen LogP contribution >= 0.6 is 0 Å². The topological polar surface area (TPSA) is 29.9 Å². The third-order valence-corrected chi connectivity index (χ3v) is 4.17. The van der Waals surface area contributed by atoms with Crippen molar-refractivity contribution in [2.75, 3.05) is 5.32 Å². The third-order valence-electron chi connectivity index (χ3n) is 4.17. The minimum absolute atomic E-state index is 0.490. The first-order valence-corrected chi connectivity index (χ1v) is 7.44. The van der Waals surface area contributed by atoms with Crippen molar-refractivity contribution in [3.8, 4) is 0 Å². The Labute approximate surface area is 121 Å². The molecule has 0 aliphatic heterocycles. The molecule has 1 atom stereocenters. The number of hydrogen-bond donors (Lipinski definition) is 1. The lowest BCUT2D eigenvalue weighted by molar-refractivity contribution is 0.378. The standard InChI is InChI=1S/C17H23N3/c1-17(2)8-7-16(12-17)19-15-6-3-5-14(11-15)13-20-10-4-9-18-20/h3-6,9-11,16,19H,7-8,12-13H2,1-2H3. The van der Waals surface area contributed by atoms with Gasteiger partial charge in [0.2, 0.25) is 0 Å². The minimum atomic E-state index is 0.490. The molecule has 0 radical (unpaired) electrons. The molecule has 3 heteroatoms. The average Bonchev–Trinajstić information content (AvgIpc) is 3.00. The highest BCUT2D eigenvalue weighted by atomic mass is 15.3. The van der Waals surface area contributed by atoms with E-state index < -0.39 is 0 Å². The fraction of sp³-hybridized carbons (Fsp3) is 0.471. The smallest absolute Gasteiger partial charge is 0.0660 e. The maximum atomic E-state index is 4.26. The van der Waals surface area contributed by atoms with Crippen LogP contribution in [-0.4, -0.2) is 15.8 Å². The minimum Gasteiger partial charge on any atom is -0.382 e. The van der Waals surface area contributed by atoms with Crippen LogP contribution in [0.15, 0.2) is 42.7 Å². The van der Waals surface area contributed by atoms with E-state index >= 15 is 0 Å². The van der Waals surface area contributed by atoms with Crippen LogP contribution in [-0.2, 0) is 6.54 Å². The molecule has 1 aliphatic carbocycles. The molecule has 1 saturated carbocycles. The SMILES string of the molecule is CC1(C)CCC(Nc2cccc(Cn3cccn3)c2)C1. The van der Waals surface area contributed by atoms with Crippen molar-refractivity contribution in [1.29, 1.82) is 0 Å². The normalized spacial score (nSPS) is 21.0. The van der Waals surface area contributed by atoms with Gasteiger partial charge >= 0.3 is 0 Å². The van der Waals surface area contributed by atoms with Gasteiger partial charge in [-0.25, -0.2) is 0 Å². The summed E-state index contributed by atoms with van der Waals surface area (Å²) in [6, 6.07) is 11.3. The van der Waals surface area contributed by atoms with Crippen molar-refractivity contribution in [3.63, 3.8) is 0 Å². The highest BCUT2D eigenvalue weighted by Gasteiger charge is 2.30. The summed E-state index contributed by atoms with van der Waals surface area (Å²) in [5, 5.41) is 7.95. The Balaban J connectivity index is 1.66. The molecule has 0 spiro atoms. The summed E-state index contributed by atoms with van der Waals surface area (Å²) in [6.45, 7) is 5.56. The molecule has 20 heavy (non-hydrogen) atoms. The first kappa shape index (κ1) is 13.2. The lowest BCUT2D eigenvalue weighted by Gasteiger charge is -2.19. The Hall–Kier alpha value is -1.77. The summed E-state index contributed by atoms with van der Waals surface area (Å²) >= 11 is 0.